The van der Waals surface area contributed by atoms with Gasteiger partial charge in [0.05, 0.1) is 17.7 Å². The zero-order valence-electron chi connectivity index (χ0n) is 20.7. The molecule has 0 saturated carbocycles. The summed E-state index contributed by atoms with van der Waals surface area (Å²) in [6, 6.07) is 4.86. The molecule has 37 heavy (non-hydrogen) atoms. The Morgan fingerprint density at radius 2 is 1.95 bits per heavy atom. The third kappa shape index (κ3) is 3.61. The van der Waals surface area contributed by atoms with E-state index < -0.39 is 17.2 Å². The summed E-state index contributed by atoms with van der Waals surface area (Å²) >= 11 is 0. The van der Waals surface area contributed by atoms with Crippen molar-refractivity contribution in [2.24, 2.45) is 0 Å². The number of ketones is 1. The van der Waals surface area contributed by atoms with Crippen LogP contribution in [0.4, 0.5) is 10.2 Å². The van der Waals surface area contributed by atoms with Crippen LogP contribution < -0.4 is 10.2 Å². The summed E-state index contributed by atoms with van der Waals surface area (Å²) in [4.78, 5) is 48.6. The molecule has 0 atom stereocenters. The van der Waals surface area contributed by atoms with Crippen molar-refractivity contribution in [2.45, 2.75) is 38.1 Å². The Labute approximate surface area is 212 Å². The summed E-state index contributed by atoms with van der Waals surface area (Å²) in [6.07, 6.45) is 3.07. The molecule has 1 amide bonds. The number of hydrogen-bond acceptors (Lipinski definition) is 6. The molecule has 2 saturated heterocycles. The highest BCUT2D eigenvalue weighted by molar-refractivity contribution is 6.20. The number of carboxylic acids is 1. The maximum atomic E-state index is 16.2. The van der Waals surface area contributed by atoms with E-state index in [9.17, 15) is 19.5 Å². The number of piperidine rings is 1. The second-order valence-electron chi connectivity index (χ2n) is 10.6. The Morgan fingerprint density at radius 1 is 1.19 bits per heavy atom. The standard InChI is InChI=1S/C27H28FN5O4/c1-27(2)21-17(23(35)20-16-4-3-14(26(36)37)11-18(16)31-24(20)27)12-30-25(22(21)28)32-8-5-15(6-9-32)33-10-7-29-19(34)13-33/h3-4,11-12,15,31H,5-10,13H2,1-2H3,(H,29,34)(H,36,37). The van der Waals surface area contributed by atoms with Gasteiger partial charge in [0, 0.05) is 71.6 Å². The van der Waals surface area contributed by atoms with Gasteiger partial charge in [0.15, 0.2) is 17.4 Å². The molecule has 10 heteroatoms. The maximum absolute atomic E-state index is 16.2. The molecule has 0 bridgehead atoms. The van der Waals surface area contributed by atoms with Crippen LogP contribution in [-0.4, -0.2) is 76.4 Å². The van der Waals surface area contributed by atoms with Crippen LogP contribution in [0, 0.1) is 5.82 Å². The number of aromatic carboxylic acids is 1. The van der Waals surface area contributed by atoms with Gasteiger partial charge < -0.3 is 20.3 Å². The number of fused-ring (bicyclic) bond motifs is 4. The first kappa shape index (κ1) is 23.6. The van der Waals surface area contributed by atoms with Crippen molar-refractivity contribution >= 4 is 34.4 Å². The summed E-state index contributed by atoms with van der Waals surface area (Å²) in [5, 5.41) is 12.8. The number of nitrogens with one attached hydrogen (secondary N) is 2. The Bertz CT molecular complexity index is 1470. The van der Waals surface area contributed by atoms with Crippen LogP contribution in [-0.2, 0) is 10.2 Å². The van der Waals surface area contributed by atoms with Gasteiger partial charge >= 0.3 is 5.97 Å². The van der Waals surface area contributed by atoms with Crippen molar-refractivity contribution in [3.63, 3.8) is 0 Å². The van der Waals surface area contributed by atoms with Crippen LogP contribution in [0.1, 0.15) is 64.2 Å². The van der Waals surface area contributed by atoms with E-state index >= 15 is 4.39 Å². The topological polar surface area (TPSA) is 119 Å². The first-order valence-electron chi connectivity index (χ1n) is 12.6. The predicted molar refractivity (Wildman–Crippen MR) is 135 cm³/mol. The average Bonchev–Trinajstić information content (AvgIpc) is 3.28. The van der Waals surface area contributed by atoms with Crippen LogP contribution in [0.2, 0.25) is 0 Å². The van der Waals surface area contributed by atoms with Crippen molar-refractivity contribution in [3.8, 4) is 0 Å². The number of amides is 1. The highest BCUT2D eigenvalue weighted by atomic mass is 19.1. The molecule has 6 rings (SSSR count). The Hall–Kier alpha value is -3.79. The number of aromatic amines is 1. The molecule has 2 fully saturated rings. The number of carbonyl (C=O) groups excluding carboxylic acids is 2. The van der Waals surface area contributed by atoms with E-state index in [1.807, 2.05) is 18.7 Å². The van der Waals surface area contributed by atoms with Crippen LogP contribution in [0.3, 0.4) is 0 Å². The van der Waals surface area contributed by atoms with Gasteiger partial charge in [0.1, 0.15) is 0 Å². The Kier molecular flexibility index (Phi) is 5.34. The Balaban J connectivity index is 1.33. The highest BCUT2D eigenvalue weighted by Gasteiger charge is 2.43. The van der Waals surface area contributed by atoms with Crippen molar-refractivity contribution in [2.75, 3.05) is 37.6 Å². The van der Waals surface area contributed by atoms with E-state index in [1.54, 1.807) is 6.07 Å². The van der Waals surface area contributed by atoms with Gasteiger partial charge in [-0.05, 0) is 25.0 Å². The van der Waals surface area contributed by atoms with Crippen LogP contribution in [0.25, 0.3) is 10.9 Å². The molecule has 0 spiro atoms. The smallest absolute Gasteiger partial charge is 0.335 e. The highest BCUT2D eigenvalue weighted by Crippen LogP contribution is 2.46. The summed E-state index contributed by atoms with van der Waals surface area (Å²) in [7, 11) is 0. The van der Waals surface area contributed by atoms with E-state index in [-0.39, 0.29) is 34.7 Å². The van der Waals surface area contributed by atoms with Gasteiger partial charge in [-0.25, -0.2) is 14.2 Å². The molecular weight excluding hydrogens is 477 g/mol. The number of nitrogens with zero attached hydrogens (tertiary/aromatic N) is 3. The summed E-state index contributed by atoms with van der Waals surface area (Å²) < 4.78 is 16.2. The zero-order chi connectivity index (χ0) is 26.1. The van der Waals surface area contributed by atoms with Gasteiger partial charge in [0.25, 0.3) is 0 Å². The molecule has 1 aliphatic carbocycles. The number of carboxylic acid groups (broad SMARTS) is 1. The lowest BCUT2D eigenvalue weighted by molar-refractivity contribution is -0.125. The minimum absolute atomic E-state index is 0.0403. The third-order valence-electron chi connectivity index (χ3n) is 8.12. The molecule has 192 valence electrons. The average molecular weight is 506 g/mol. The van der Waals surface area contributed by atoms with Gasteiger partial charge in [0.2, 0.25) is 5.91 Å². The molecule has 1 aromatic carbocycles. The monoisotopic (exact) mass is 505 g/mol. The lowest BCUT2D eigenvalue weighted by atomic mass is 9.71. The largest absolute Gasteiger partial charge is 0.478 e. The van der Waals surface area contributed by atoms with Crippen molar-refractivity contribution in [1.82, 2.24) is 20.2 Å². The van der Waals surface area contributed by atoms with Gasteiger partial charge in [-0.3, -0.25) is 14.5 Å². The lowest BCUT2D eigenvalue weighted by Crippen LogP contribution is -2.54. The minimum atomic E-state index is -1.06. The van der Waals surface area contributed by atoms with Crippen LogP contribution >= 0.6 is 0 Å². The van der Waals surface area contributed by atoms with E-state index in [2.05, 4.69) is 20.2 Å². The van der Waals surface area contributed by atoms with E-state index in [1.165, 1.54) is 18.3 Å². The van der Waals surface area contributed by atoms with Crippen molar-refractivity contribution in [1.29, 1.82) is 0 Å². The predicted octanol–water partition coefficient (Wildman–Crippen LogP) is 2.67. The molecule has 2 aliphatic heterocycles. The van der Waals surface area contributed by atoms with Gasteiger partial charge in [-0.2, -0.15) is 0 Å². The molecule has 0 radical (unpaired) electrons. The van der Waals surface area contributed by atoms with Crippen LogP contribution in [0.5, 0.6) is 0 Å². The number of pyridine rings is 1. The molecule has 3 aromatic rings. The summed E-state index contributed by atoms with van der Waals surface area (Å²) in [6.45, 7) is 6.81. The number of hydrogen-bond donors (Lipinski definition) is 3. The fraction of sp³-hybridized carbons (Fsp3) is 0.407. The Morgan fingerprint density at radius 3 is 2.65 bits per heavy atom. The fourth-order valence-corrected chi connectivity index (χ4v) is 6.19. The number of carbonyl (C=O) groups is 3. The van der Waals surface area contributed by atoms with Crippen LogP contribution in [0.15, 0.2) is 24.4 Å². The number of H-pyrrole nitrogens is 1. The molecule has 0 unspecified atom stereocenters. The molecule has 9 nitrogen and oxygen atoms in total. The first-order chi connectivity index (χ1) is 17.7. The second kappa shape index (κ2) is 8.37. The molecule has 3 aliphatic rings. The fourth-order valence-electron chi connectivity index (χ4n) is 6.19. The van der Waals surface area contributed by atoms with Gasteiger partial charge in [-0.15, -0.1) is 0 Å². The first-order valence-corrected chi connectivity index (χ1v) is 12.6. The molecule has 2 aromatic heterocycles. The number of aromatic nitrogens is 2. The maximum Gasteiger partial charge on any atom is 0.335 e. The van der Waals surface area contributed by atoms with E-state index in [4.69, 9.17) is 0 Å². The van der Waals surface area contributed by atoms with Crippen molar-refractivity contribution in [3.05, 3.63) is 58.2 Å². The number of piperazine rings is 1. The van der Waals surface area contributed by atoms with Gasteiger partial charge in [-0.1, -0.05) is 19.9 Å². The quantitative estimate of drug-likeness (QED) is 0.501. The minimum Gasteiger partial charge on any atom is -0.478 e. The number of anilines is 1. The third-order valence-corrected chi connectivity index (χ3v) is 8.12. The normalized spacial score (nSPS) is 20.0. The SMILES string of the molecule is CC1(C)c2[nH]c3cc(C(=O)O)ccc3c2C(=O)c2cnc(N3CCC(N4CCNC(=O)C4)CC3)c(F)c21. The van der Waals surface area contributed by atoms with Crippen molar-refractivity contribution < 1.29 is 23.9 Å². The molecule has 3 N–H and O–H groups in total. The number of benzene rings is 1. The summed E-state index contributed by atoms with van der Waals surface area (Å²) in [5.41, 5.74) is 1.30. The molecular formula is C27H28FN5O4. The lowest BCUT2D eigenvalue weighted by Gasteiger charge is -2.41. The summed E-state index contributed by atoms with van der Waals surface area (Å²) in [5.74, 6) is -1.60. The van der Waals surface area contributed by atoms with E-state index in [0.717, 1.165) is 19.4 Å². The number of rotatable bonds is 3. The van der Waals surface area contributed by atoms with E-state index in [0.29, 0.717) is 53.9 Å². The number of halogens is 1. The second-order valence-corrected chi connectivity index (χ2v) is 10.6. The molecule has 4 heterocycles. The zero-order valence-corrected chi connectivity index (χ0v) is 20.7.